The Bertz CT molecular complexity index is 387. The van der Waals surface area contributed by atoms with Crippen LogP contribution in [0.15, 0.2) is 11.6 Å². The standard InChI is InChI=1S/C10H18N2O2S2/c1-3-4-9-16(13,14)12(2)7-5-10-11-6-8-15-10/h6,8H,3-5,7,9H2,1-2H3. The molecule has 4 nitrogen and oxygen atoms in total. The lowest BCUT2D eigenvalue weighted by Crippen LogP contribution is -2.31. The van der Waals surface area contributed by atoms with Crippen LogP contribution in [-0.4, -0.2) is 37.1 Å². The van der Waals surface area contributed by atoms with Crippen LogP contribution >= 0.6 is 11.3 Å². The number of unbranched alkanes of at least 4 members (excludes halogenated alkanes) is 1. The van der Waals surface area contributed by atoms with Crippen LogP contribution in [0.4, 0.5) is 0 Å². The highest BCUT2D eigenvalue weighted by molar-refractivity contribution is 7.89. The zero-order valence-electron chi connectivity index (χ0n) is 9.72. The van der Waals surface area contributed by atoms with E-state index in [1.807, 2.05) is 12.3 Å². The average Bonchev–Trinajstić information content (AvgIpc) is 2.75. The maximum Gasteiger partial charge on any atom is 0.213 e. The van der Waals surface area contributed by atoms with Gasteiger partial charge in [-0.15, -0.1) is 11.3 Å². The average molecular weight is 262 g/mol. The monoisotopic (exact) mass is 262 g/mol. The summed E-state index contributed by atoms with van der Waals surface area (Å²) in [6, 6.07) is 0. The Kier molecular flexibility index (Phi) is 5.37. The molecule has 0 spiro atoms. The van der Waals surface area contributed by atoms with Crippen molar-refractivity contribution in [1.29, 1.82) is 0 Å². The van der Waals surface area contributed by atoms with Crippen LogP contribution in [0.1, 0.15) is 24.8 Å². The summed E-state index contributed by atoms with van der Waals surface area (Å²) >= 11 is 1.56. The maximum absolute atomic E-state index is 11.8. The molecule has 1 rings (SSSR count). The molecule has 1 aromatic rings. The van der Waals surface area contributed by atoms with Crippen LogP contribution in [0.5, 0.6) is 0 Å². The second-order valence-electron chi connectivity index (χ2n) is 3.67. The van der Waals surface area contributed by atoms with E-state index in [9.17, 15) is 8.42 Å². The molecule has 1 heterocycles. The van der Waals surface area contributed by atoms with Gasteiger partial charge < -0.3 is 0 Å². The summed E-state index contributed by atoms with van der Waals surface area (Å²) < 4.78 is 25.0. The minimum atomic E-state index is -3.07. The first kappa shape index (κ1) is 13.6. The highest BCUT2D eigenvalue weighted by Gasteiger charge is 2.16. The highest BCUT2D eigenvalue weighted by Crippen LogP contribution is 2.08. The molecule has 16 heavy (non-hydrogen) atoms. The fourth-order valence-corrected chi connectivity index (χ4v) is 3.20. The molecule has 0 aromatic carbocycles. The summed E-state index contributed by atoms with van der Waals surface area (Å²) in [5, 5.41) is 2.89. The second-order valence-corrected chi connectivity index (χ2v) is 6.84. The molecule has 0 atom stereocenters. The molecule has 0 aliphatic heterocycles. The van der Waals surface area contributed by atoms with E-state index in [1.165, 1.54) is 4.31 Å². The number of rotatable bonds is 7. The molecule has 0 bridgehead atoms. The second kappa shape index (κ2) is 6.32. The summed E-state index contributed by atoms with van der Waals surface area (Å²) in [6.45, 7) is 2.50. The zero-order valence-corrected chi connectivity index (χ0v) is 11.4. The SMILES string of the molecule is CCCCS(=O)(=O)N(C)CCc1nccs1. The minimum absolute atomic E-state index is 0.248. The number of nitrogens with zero attached hydrogens (tertiary/aromatic N) is 2. The molecule has 0 aliphatic carbocycles. The van der Waals surface area contributed by atoms with Gasteiger partial charge in [-0.1, -0.05) is 13.3 Å². The Hall–Kier alpha value is -0.460. The molecular weight excluding hydrogens is 244 g/mol. The molecule has 0 N–H and O–H groups in total. The Morgan fingerprint density at radius 3 is 2.81 bits per heavy atom. The number of hydrogen-bond acceptors (Lipinski definition) is 4. The fraction of sp³-hybridized carbons (Fsp3) is 0.700. The number of likely N-dealkylation sites (N-methyl/N-ethyl adjacent to an activating group) is 1. The summed E-state index contributed by atoms with van der Waals surface area (Å²) in [6.07, 6.45) is 4.06. The van der Waals surface area contributed by atoms with Crippen molar-refractivity contribution in [2.75, 3.05) is 19.3 Å². The molecule has 0 aliphatic rings. The number of aromatic nitrogens is 1. The van der Waals surface area contributed by atoms with Crippen molar-refractivity contribution in [3.63, 3.8) is 0 Å². The van der Waals surface area contributed by atoms with Crippen molar-refractivity contribution >= 4 is 21.4 Å². The molecule has 6 heteroatoms. The molecule has 0 saturated heterocycles. The van der Waals surface area contributed by atoms with Gasteiger partial charge in [-0.2, -0.15) is 0 Å². The lowest BCUT2D eigenvalue weighted by Gasteiger charge is -2.16. The molecule has 0 amide bonds. The van der Waals surface area contributed by atoms with Crippen LogP contribution in [0.25, 0.3) is 0 Å². The van der Waals surface area contributed by atoms with Crippen molar-refractivity contribution in [2.24, 2.45) is 0 Å². The van der Waals surface area contributed by atoms with Crippen LogP contribution in [0.3, 0.4) is 0 Å². The van der Waals surface area contributed by atoms with Crippen molar-refractivity contribution in [1.82, 2.24) is 9.29 Å². The van der Waals surface area contributed by atoms with Crippen LogP contribution in [-0.2, 0) is 16.4 Å². The maximum atomic E-state index is 11.8. The number of thiazole rings is 1. The third-order valence-corrected chi connectivity index (χ3v) is 5.13. The molecule has 0 radical (unpaired) electrons. The Labute approximate surface area is 101 Å². The third kappa shape index (κ3) is 4.19. The molecule has 0 unspecified atom stereocenters. The smallest absolute Gasteiger partial charge is 0.213 e. The van der Waals surface area contributed by atoms with Gasteiger partial charge in [0.2, 0.25) is 10.0 Å². The Balaban J connectivity index is 2.42. The van der Waals surface area contributed by atoms with Crippen molar-refractivity contribution < 1.29 is 8.42 Å². The highest BCUT2D eigenvalue weighted by atomic mass is 32.2. The van der Waals surface area contributed by atoms with Gasteiger partial charge in [-0.05, 0) is 6.42 Å². The van der Waals surface area contributed by atoms with E-state index in [-0.39, 0.29) is 5.75 Å². The van der Waals surface area contributed by atoms with Crippen molar-refractivity contribution in [3.05, 3.63) is 16.6 Å². The predicted molar refractivity (Wildman–Crippen MR) is 67.1 cm³/mol. The van der Waals surface area contributed by atoms with E-state index in [4.69, 9.17) is 0 Å². The van der Waals surface area contributed by atoms with E-state index in [1.54, 1.807) is 24.6 Å². The van der Waals surface area contributed by atoms with Crippen molar-refractivity contribution in [3.8, 4) is 0 Å². The zero-order chi connectivity index (χ0) is 12.0. The van der Waals surface area contributed by atoms with Gasteiger partial charge in [0.05, 0.1) is 10.8 Å². The van der Waals surface area contributed by atoms with Gasteiger partial charge in [0.15, 0.2) is 0 Å². The molecular formula is C10H18N2O2S2. The fourth-order valence-electron chi connectivity index (χ4n) is 1.25. The van der Waals surface area contributed by atoms with Crippen LogP contribution < -0.4 is 0 Å². The Morgan fingerprint density at radius 2 is 2.25 bits per heavy atom. The summed E-state index contributed by atoms with van der Waals surface area (Å²) in [5.41, 5.74) is 0. The lowest BCUT2D eigenvalue weighted by molar-refractivity contribution is 0.470. The number of sulfonamides is 1. The number of hydrogen-bond donors (Lipinski definition) is 0. The topological polar surface area (TPSA) is 50.3 Å². The predicted octanol–water partition coefficient (Wildman–Crippen LogP) is 1.75. The summed E-state index contributed by atoms with van der Waals surface area (Å²) in [7, 11) is -1.43. The first-order chi connectivity index (χ1) is 7.56. The molecule has 92 valence electrons. The largest absolute Gasteiger partial charge is 0.250 e. The Morgan fingerprint density at radius 1 is 1.50 bits per heavy atom. The van der Waals surface area contributed by atoms with Gasteiger partial charge in [-0.3, -0.25) is 0 Å². The van der Waals surface area contributed by atoms with Gasteiger partial charge in [0, 0.05) is 31.6 Å². The van der Waals surface area contributed by atoms with Crippen LogP contribution in [0, 0.1) is 0 Å². The first-order valence-corrected chi connectivity index (χ1v) is 7.87. The third-order valence-electron chi connectivity index (χ3n) is 2.35. The minimum Gasteiger partial charge on any atom is -0.250 e. The van der Waals surface area contributed by atoms with Crippen LogP contribution in [0.2, 0.25) is 0 Å². The lowest BCUT2D eigenvalue weighted by atomic mass is 10.4. The normalized spacial score (nSPS) is 12.2. The molecule has 0 fully saturated rings. The van der Waals surface area contributed by atoms with Gasteiger partial charge in [-0.25, -0.2) is 17.7 Å². The first-order valence-electron chi connectivity index (χ1n) is 5.38. The van der Waals surface area contributed by atoms with E-state index in [0.717, 1.165) is 17.8 Å². The van der Waals surface area contributed by atoms with Crippen molar-refractivity contribution in [2.45, 2.75) is 26.2 Å². The van der Waals surface area contributed by atoms with Gasteiger partial charge in [0.25, 0.3) is 0 Å². The van der Waals surface area contributed by atoms with Gasteiger partial charge >= 0.3 is 0 Å². The van der Waals surface area contributed by atoms with E-state index < -0.39 is 10.0 Å². The molecule has 1 aromatic heterocycles. The van der Waals surface area contributed by atoms with E-state index >= 15 is 0 Å². The van der Waals surface area contributed by atoms with E-state index in [0.29, 0.717) is 13.0 Å². The molecule has 0 saturated carbocycles. The van der Waals surface area contributed by atoms with E-state index in [2.05, 4.69) is 4.98 Å². The van der Waals surface area contributed by atoms with Gasteiger partial charge in [0.1, 0.15) is 0 Å². The summed E-state index contributed by atoms with van der Waals surface area (Å²) in [5.74, 6) is 0.248. The quantitative estimate of drug-likeness (QED) is 0.752. The summed E-state index contributed by atoms with van der Waals surface area (Å²) in [4.78, 5) is 4.13.